The molecule has 1 saturated heterocycles. The Morgan fingerprint density at radius 1 is 1.56 bits per heavy atom. The summed E-state index contributed by atoms with van der Waals surface area (Å²) in [5.41, 5.74) is 5.88. The number of nitrogens with zero attached hydrogens (tertiary/aromatic N) is 5. The van der Waals surface area contributed by atoms with E-state index in [1.54, 1.807) is 6.20 Å². The van der Waals surface area contributed by atoms with Crippen LogP contribution in [0.25, 0.3) is 0 Å². The van der Waals surface area contributed by atoms with Crippen molar-refractivity contribution in [2.24, 2.45) is 5.73 Å². The third kappa shape index (κ3) is 1.97. The fourth-order valence-corrected chi connectivity index (χ4v) is 2.20. The second-order valence-electron chi connectivity index (χ2n) is 4.68. The summed E-state index contributed by atoms with van der Waals surface area (Å²) >= 11 is 0. The molecule has 3 heterocycles. The Balaban J connectivity index is 1.77. The Morgan fingerprint density at radius 3 is 3.11 bits per heavy atom. The second-order valence-corrected chi connectivity index (χ2v) is 4.68. The molecule has 0 aliphatic carbocycles. The Hall–Kier alpha value is -1.89. The van der Waals surface area contributed by atoms with E-state index in [-0.39, 0.29) is 12.1 Å². The van der Waals surface area contributed by atoms with Crippen LogP contribution in [0, 0.1) is 0 Å². The molecule has 7 nitrogen and oxygen atoms in total. The Bertz CT molecular complexity index is 503. The third-order valence-electron chi connectivity index (χ3n) is 3.32. The van der Waals surface area contributed by atoms with Crippen LogP contribution in [0.3, 0.4) is 0 Å². The van der Waals surface area contributed by atoms with Gasteiger partial charge in [0.2, 0.25) is 5.95 Å². The molecule has 0 saturated carbocycles. The molecule has 18 heavy (non-hydrogen) atoms. The number of nitrogens with one attached hydrogen (secondary N) is 1. The first-order chi connectivity index (χ1) is 8.74. The van der Waals surface area contributed by atoms with Crippen molar-refractivity contribution < 1.29 is 0 Å². The maximum atomic E-state index is 5.88. The van der Waals surface area contributed by atoms with Gasteiger partial charge in [0.25, 0.3) is 0 Å². The van der Waals surface area contributed by atoms with Crippen LogP contribution in [0.1, 0.15) is 25.2 Å². The minimum absolute atomic E-state index is 0.0533. The third-order valence-corrected chi connectivity index (χ3v) is 3.32. The summed E-state index contributed by atoms with van der Waals surface area (Å²) in [4.78, 5) is 6.64. The van der Waals surface area contributed by atoms with Crippen molar-refractivity contribution in [2.45, 2.75) is 25.4 Å². The van der Waals surface area contributed by atoms with Crippen molar-refractivity contribution >= 4 is 5.95 Å². The number of hydrogen-bond donors (Lipinski definition) is 2. The van der Waals surface area contributed by atoms with Gasteiger partial charge in [0.05, 0.1) is 0 Å². The molecule has 3 rings (SSSR count). The lowest BCUT2D eigenvalue weighted by Crippen LogP contribution is -2.27. The molecule has 7 heteroatoms. The number of hydrogen-bond acceptors (Lipinski definition) is 5. The Kier molecular flexibility index (Phi) is 2.75. The molecule has 2 aromatic rings. The van der Waals surface area contributed by atoms with E-state index in [4.69, 9.17) is 5.73 Å². The molecule has 1 aliphatic heterocycles. The maximum Gasteiger partial charge on any atom is 0.244 e. The first-order valence-corrected chi connectivity index (χ1v) is 6.16. The van der Waals surface area contributed by atoms with E-state index in [0.29, 0.717) is 0 Å². The monoisotopic (exact) mass is 247 g/mol. The van der Waals surface area contributed by atoms with E-state index in [2.05, 4.69) is 25.2 Å². The van der Waals surface area contributed by atoms with Crippen LogP contribution in [-0.2, 0) is 0 Å². The van der Waals surface area contributed by atoms with Gasteiger partial charge in [-0.1, -0.05) is 0 Å². The standard InChI is InChI=1S/C11H17N7/c1-8(18-5-2-4-13-18)10-14-11(16-15-10)17-6-3-9(12)7-17/h2,4-5,8-9H,3,6-7,12H2,1H3,(H,14,15,16). The highest BCUT2D eigenvalue weighted by molar-refractivity contribution is 5.31. The summed E-state index contributed by atoms with van der Waals surface area (Å²) in [7, 11) is 0. The fourth-order valence-electron chi connectivity index (χ4n) is 2.20. The van der Waals surface area contributed by atoms with E-state index < -0.39 is 0 Å². The summed E-state index contributed by atoms with van der Waals surface area (Å²) in [5, 5.41) is 11.4. The van der Waals surface area contributed by atoms with Gasteiger partial charge in [0, 0.05) is 31.5 Å². The summed E-state index contributed by atoms with van der Waals surface area (Å²) in [6, 6.07) is 2.18. The molecule has 1 fully saturated rings. The molecule has 0 bridgehead atoms. The van der Waals surface area contributed by atoms with E-state index in [1.807, 2.05) is 23.9 Å². The summed E-state index contributed by atoms with van der Waals surface area (Å²) in [6.07, 6.45) is 4.67. The lowest BCUT2D eigenvalue weighted by Gasteiger charge is -2.12. The Labute approximate surface area is 105 Å². The summed E-state index contributed by atoms with van der Waals surface area (Å²) in [5.74, 6) is 1.55. The van der Waals surface area contributed by atoms with E-state index in [9.17, 15) is 0 Å². The largest absolute Gasteiger partial charge is 0.338 e. The molecular weight excluding hydrogens is 230 g/mol. The van der Waals surface area contributed by atoms with Crippen molar-refractivity contribution in [2.75, 3.05) is 18.0 Å². The number of H-pyrrole nitrogens is 1. The molecule has 0 radical (unpaired) electrons. The summed E-state index contributed by atoms with van der Waals surface area (Å²) < 4.78 is 1.85. The molecule has 0 spiro atoms. The minimum Gasteiger partial charge on any atom is -0.338 e. The predicted octanol–water partition coefficient (Wildman–Crippen LogP) is 0.148. The zero-order chi connectivity index (χ0) is 12.5. The van der Waals surface area contributed by atoms with Crippen LogP contribution in [0.15, 0.2) is 18.5 Å². The molecule has 1 aliphatic rings. The normalized spacial score (nSPS) is 21.4. The number of aromatic amines is 1. The van der Waals surface area contributed by atoms with Crippen molar-refractivity contribution in [3.63, 3.8) is 0 Å². The SMILES string of the molecule is CC(c1nc(N2CCC(N)C2)n[nH]1)n1cccn1. The van der Waals surface area contributed by atoms with E-state index in [0.717, 1.165) is 31.3 Å². The highest BCUT2D eigenvalue weighted by Crippen LogP contribution is 2.18. The van der Waals surface area contributed by atoms with Crippen molar-refractivity contribution in [1.82, 2.24) is 25.0 Å². The van der Waals surface area contributed by atoms with Crippen molar-refractivity contribution in [3.8, 4) is 0 Å². The van der Waals surface area contributed by atoms with Crippen LogP contribution < -0.4 is 10.6 Å². The van der Waals surface area contributed by atoms with Crippen LogP contribution >= 0.6 is 0 Å². The first-order valence-electron chi connectivity index (χ1n) is 6.16. The molecule has 3 N–H and O–H groups in total. The number of aromatic nitrogens is 5. The highest BCUT2D eigenvalue weighted by atomic mass is 15.4. The predicted molar refractivity (Wildman–Crippen MR) is 67.2 cm³/mol. The lowest BCUT2D eigenvalue weighted by molar-refractivity contribution is 0.538. The van der Waals surface area contributed by atoms with E-state index in [1.165, 1.54) is 0 Å². The van der Waals surface area contributed by atoms with Crippen LogP contribution in [-0.4, -0.2) is 44.1 Å². The van der Waals surface area contributed by atoms with Crippen LogP contribution in [0.5, 0.6) is 0 Å². The molecular formula is C11H17N7. The van der Waals surface area contributed by atoms with Crippen LogP contribution in [0.2, 0.25) is 0 Å². The quantitative estimate of drug-likeness (QED) is 0.806. The molecule has 2 atom stereocenters. The zero-order valence-electron chi connectivity index (χ0n) is 10.3. The van der Waals surface area contributed by atoms with Gasteiger partial charge in [-0.15, -0.1) is 5.10 Å². The van der Waals surface area contributed by atoms with Crippen molar-refractivity contribution in [3.05, 3.63) is 24.3 Å². The minimum atomic E-state index is 0.0533. The van der Waals surface area contributed by atoms with Gasteiger partial charge < -0.3 is 10.6 Å². The number of anilines is 1. The fraction of sp³-hybridized carbons (Fsp3) is 0.545. The molecule has 0 aromatic carbocycles. The van der Waals surface area contributed by atoms with Crippen molar-refractivity contribution in [1.29, 1.82) is 0 Å². The van der Waals surface area contributed by atoms with Gasteiger partial charge in [-0.25, -0.2) is 0 Å². The van der Waals surface area contributed by atoms with Gasteiger partial charge in [0.15, 0.2) is 5.82 Å². The number of nitrogens with two attached hydrogens (primary N) is 1. The Morgan fingerprint density at radius 2 is 2.44 bits per heavy atom. The molecule has 2 unspecified atom stereocenters. The lowest BCUT2D eigenvalue weighted by atomic mass is 10.3. The smallest absolute Gasteiger partial charge is 0.244 e. The molecule has 2 aromatic heterocycles. The van der Waals surface area contributed by atoms with Gasteiger partial charge in [0.1, 0.15) is 6.04 Å². The van der Waals surface area contributed by atoms with Gasteiger partial charge in [-0.3, -0.25) is 9.78 Å². The highest BCUT2D eigenvalue weighted by Gasteiger charge is 2.23. The second kappa shape index (κ2) is 4.41. The molecule has 96 valence electrons. The topological polar surface area (TPSA) is 88.7 Å². The van der Waals surface area contributed by atoms with E-state index >= 15 is 0 Å². The number of rotatable bonds is 3. The average Bonchev–Trinajstić information content (AvgIpc) is 3.09. The maximum absolute atomic E-state index is 5.88. The zero-order valence-corrected chi connectivity index (χ0v) is 10.3. The average molecular weight is 247 g/mol. The molecule has 0 amide bonds. The van der Waals surface area contributed by atoms with Crippen LogP contribution in [0.4, 0.5) is 5.95 Å². The van der Waals surface area contributed by atoms with Gasteiger partial charge in [-0.05, 0) is 19.4 Å². The van der Waals surface area contributed by atoms with Gasteiger partial charge >= 0.3 is 0 Å². The van der Waals surface area contributed by atoms with Gasteiger partial charge in [-0.2, -0.15) is 10.1 Å². The summed E-state index contributed by atoms with van der Waals surface area (Å²) in [6.45, 7) is 3.79. The first kappa shape index (κ1) is 11.2.